The topological polar surface area (TPSA) is 12.0 Å². The zero-order valence-electron chi connectivity index (χ0n) is 10.2. The predicted molar refractivity (Wildman–Crippen MR) is 82.2 cm³/mol. The Kier molecular flexibility index (Phi) is 4.67. The molecule has 94 valence electrons. The fourth-order valence-corrected chi connectivity index (χ4v) is 2.32. The van der Waals surface area contributed by atoms with Crippen molar-refractivity contribution in [3.63, 3.8) is 0 Å². The van der Waals surface area contributed by atoms with Crippen LogP contribution in [-0.2, 0) is 0 Å². The Hall–Kier alpha value is -0.990. The van der Waals surface area contributed by atoms with Gasteiger partial charge in [0, 0.05) is 10.2 Å². The summed E-state index contributed by atoms with van der Waals surface area (Å²) in [7, 11) is 0. The fourth-order valence-electron chi connectivity index (χ4n) is 1.89. The maximum absolute atomic E-state index is 6.10. The highest BCUT2D eigenvalue weighted by Gasteiger charge is 2.09. The molecule has 18 heavy (non-hydrogen) atoms. The van der Waals surface area contributed by atoms with Crippen molar-refractivity contribution >= 4 is 33.2 Å². The molecule has 0 bridgehead atoms. The molecule has 0 saturated carbocycles. The van der Waals surface area contributed by atoms with Gasteiger partial charge in [-0.15, -0.1) is 0 Å². The highest BCUT2D eigenvalue weighted by atomic mass is 79.9. The minimum absolute atomic E-state index is 0.309. The van der Waals surface area contributed by atoms with Crippen LogP contribution in [0, 0.1) is 0 Å². The minimum Gasteiger partial charge on any atom is -0.378 e. The first-order valence-corrected chi connectivity index (χ1v) is 7.14. The average molecular weight is 325 g/mol. The van der Waals surface area contributed by atoms with Gasteiger partial charge >= 0.3 is 0 Å². The molecule has 0 aliphatic rings. The van der Waals surface area contributed by atoms with Gasteiger partial charge in [0.25, 0.3) is 0 Å². The summed E-state index contributed by atoms with van der Waals surface area (Å²) in [6.45, 7) is 2.17. The molecule has 3 heteroatoms. The number of anilines is 1. The van der Waals surface area contributed by atoms with Gasteiger partial charge in [0.2, 0.25) is 0 Å². The summed E-state index contributed by atoms with van der Waals surface area (Å²) < 4.78 is 0.919. The van der Waals surface area contributed by atoms with Crippen LogP contribution in [0.15, 0.2) is 53.0 Å². The molecule has 1 unspecified atom stereocenters. The molecule has 0 fully saturated rings. The molecule has 1 nitrogen and oxygen atoms in total. The van der Waals surface area contributed by atoms with E-state index in [1.54, 1.807) is 0 Å². The number of halogens is 2. The number of hydrogen-bond donors (Lipinski definition) is 1. The Bertz CT molecular complexity index is 513. The van der Waals surface area contributed by atoms with Gasteiger partial charge in [0.15, 0.2) is 0 Å². The molecular weight excluding hydrogens is 310 g/mol. The van der Waals surface area contributed by atoms with E-state index in [0.29, 0.717) is 6.04 Å². The smallest absolute Gasteiger partial charge is 0.0568 e. The van der Waals surface area contributed by atoms with Gasteiger partial charge in [-0.05, 0) is 46.1 Å². The van der Waals surface area contributed by atoms with Gasteiger partial charge in [0.1, 0.15) is 0 Å². The van der Waals surface area contributed by atoms with Gasteiger partial charge < -0.3 is 5.32 Å². The summed E-state index contributed by atoms with van der Waals surface area (Å²) >= 11 is 9.50. The third-order valence-electron chi connectivity index (χ3n) is 2.87. The van der Waals surface area contributed by atoms with Crippen LogP contribution in [0.2, 0.25) is 5.02 Å². The number of benzene rings is 2. The summed E-state index contributed by atoms with van der Waals surface area (Å²) in [6, 6.07) is 16.7. The third kappa shape index (κ3) is 3.27. The first-order valence-electron chi connectivity index (χ1n) is 5.97. The fraction of sp³-hybridized carbons (Fsp3) is 0.200. The van der Waals surface area contributed by atoms with E-state index in [1.807, 2.05) is 24.3 Å². The van der Waals surface area contributed by atoms with E-state index in [-0.39, 0.29) is 0 Å². The summed E-state index contributed by atoms with van der Waals surface area (Å²) in [6.07, 6.45) is 1.03. The predicted octanol–water partition coefficient (Wildman–Crippen LogP) is 5.67. The highest BCUT2D eigenvalue weighted by molar-refractivity contribution is 9.10. The van der Waals surface area contributed by atoms with E-state index < -0.39 is 0 Å². The molecule has 2 aromatic carbocycles. The van der Waals surface area contributed by atoms with Crippen LogP contribution in [0.3, 0.4) is 0 Å². The summed E-state index contributed by atoms with van der Waals surface area (Å²) in [4.78, 5) is 0. The van der Waals surface area contributed by atoms with Crippen LogP contribution in [0.1, 0.15) is 24.9 Å². The van der Waals surface area contributed by atoms with Crippen molar-refractivity contribution in [3.8, 4) is 0 Å². The maximum Gasteiger partial charge on any atom is 0.0568 e. The Morgan fingerprint density at radius 2 is 1.89 bits per heavy atom. The van der Waals surface area contributed by atoms with Crippen LogP contribution < -0.4 is 5.32 Å². The monoisotopic (exact) mass is 323 g/mol. The van der Waals surface area contributed by atoms with Crippen LogP contribution in [0.25, 0.3) is 0 Å². The summed E-state index contributed by atoms with van der Waals surface area (Å²) in [5.41, 5.74) is 2.33. The molecule has 1 atom stereocenters. The van der Waals surface area contributed by atoms with E-state index in [4.69, 9.17) is 11.6 Å². The average Bonchev–Trinajstić information content (AvgIpc) is 2.41. The van der Waals surface area contributed by atoms with Gasteiger partial charge in [-0.2, -0.15) is 0 Å². The van der Waals surface area contributed by atoms with E-state index in [1.165, 1.54) is 5.56 Å². The van der Waals surface area contributed by atoms with Gasteiger partial charge in [0.05, 0.1) is 11.1 Å². The Balaban J connectivity index is 2.18. The number of hydrogen-bond acceptors (Lipinski definition) is 1. The number of rotatable bonds is 4. The minimum atomic E-state index is 0.309. The molecule has 0 radical (unpaired) electrons. The molecule has 0 amide bonds. The van der Waals surface area contributed by atoms with Crippen molar-refractivity contribution in [2.45, 2.75) is 19.4 Å². The zero-order chi connectivity index (χ0) is 13.0. The molecule has 0 saturated heterocycles. The van der Waals surface area contributed by atoms with Crippen molar-refractivity contribution in [1.29, 1.82) is 0 Å². The lowest BCUT2D eigenvalue weighted by Gasteiger charge is -2.19. The molecule has 1 N–H and O–H groups in total. The molecule has 2 rings (SSSR count). The quantitative estimate of drug-likeness (QED) is 0.764. The van der Waals surface area contributed by atoms with Crippen molar-refractivity contribution in [2.24, 2.45) is 0 Å². The molecule has 0 aliphatic heterocycles. The van der Waals surface area contributed by atoms with Crippen LogP contribution >= 0.6 is 27.5 Å². The van der Waals surface area contributed by atoms with Crippen molar-refractivity contribution in [3.05, 3.63) is 63.6 Å². The van der Waals surface area contributed by atoms with E-state index in [0.717, 1.165) is 21.6 Å². The van der Waals surface area contributed by atoms with Crippen molar-refractivity contribution in [1.82, 2.24) is 0 Å². The van der Waals surface area contributed by atoms with Crippen LogP contribution in [-0.4, -0.2) is 0 Å². The first kappa shape index (κ1) is 13.4. The second-order valence-electron chi connectivity index (χ2n) is 4.14. The lowest BCUT2D eigenvalue weighted by atomic mass is 10.0. The summed E-state index contributed by atoms with van der Waals surface area (Å²) in [5, 5.41) is 4.23. The molecule has 2 aromatic rings. The lowest BCUT2D eigenvalue weighted by Crippen LogP contribution is -2.09. The molecule has 0 aliphatic carbocycles. The Morgan fingerprint density at radius 3 is 2.50 bits per heavy atom. The SMILES string of the molecule is CCC(Nc1ccc(Br)c(Cl)c1)c1ccccc1. The van der Waals surface area contributed by atoms with Crippen LogP contribution in [0.5, 0.6) is 0 Å². The standard InChI is InChI=1S/C15H15BrClN/c1-2-15(11-6-4-3-5-7-11)18-12-8-9-13(16)14(17)10-12/h3-10,15,18H,2H2,1H3. The van der Waals surface area contributed by atoms with Gasteiger partial charge in [-0.3, -0.25) is 0 Å². The third-order valence-corrected chi connectivity index (χ3v) is 4.10. The lowest BCUT2D eigenvalue weighted by molar-refractivity contribution is 0.749. The normalized spacial score (nSPS) is 12.2. The van der Waals surface area contributed by atoms with Crippen LogP contribution in [0.4, 0.5) is 5.69 Å². The zero-order valence-corrected chi connectivity index (χ0v) is 12.5. The van der Waals surface area contributed by atoms with Gasteiger partial charge in [-0.25, -0.2) is 0 Å². The largest absolute Gasteiger partial charge is 0.378 e. The maximum atomic E-state index is 6.10. The molecule has 0 aromatic heterocycles. The second-order valence-corrected chi connectivity index (χ2v) is 5.41. The first-order chi connectivity index (χ1) is 8.70. The Morgan fingerprint density at radius 1 is 1.17 bits per heavy atom. The molecule has 0 heterocycles. The number of nitrogens with one attached hydrogen (secondary N) is 1. The van der Waals surface area contributed by atoms with E-state index in [2.05, 4.69) is 52.4 Å². The van der Waals surface area contributed by atoms with Gasteiger partial charge in [-0.1, -0.05) is 48.9 Å². The Labute approximate surface area is 121 Å². The van der Waals surface area contributed by atoms with E-state index >= 15 is 0 Å². The second kappa shape index (κ2) is 6.26. The molecular formula is C15H15BrClN. The highest BCUT2D eigenvalue weighted by Crippen LogP contribution is 2.28. The van der Waals surface area contributed by atoms with Crippen molar-refractivity contribution in [2.75, 3.05) is 5.32 Å². The van der Waals surface area contributed by atoms with E-state index in [9.17, 15) is 0 Å². The molecule has 0 spiro atoms. The summed E-state index contributed by atoms with van der Waals surface area (Å²) in [5.74, 6) is 0. The van der Waals surface area contributed by atoms with Crippen molar-refractivity contribution < 1.29 is 0 Å².